The Labute approximate surface area is 292 Å². The van der Waals surface area contributed by atoms with Crippen LogP contribution in [0.4, 0.5) is 17.1 Å². The molecule has 0 spiro atoms. The number of para-hydroxylation sites is 1. The van der Waals surface area contributed by atoms with Crippen molar-refractivity contribution in [2.24, 2.45) is 0 Å². The molecule has 0 aliphatic heterocycles. The van der Waals surface area contributed by atoms with Crippen molar-refractivity contribution in [3.8, 4) is 22.3 Å². The first-order chi connectivity index (χ1) is 24.3. The number of nitrogens with zero attached hydrogens (tertiary/aromatic N) is 1. The van der Waals surface area contributed by atoms with Gasteiger partial charge in [-0.2, -0.15) is 0 Å². The lowest BCUT2D eigenvalue weighted by atomic mass is 9.99. The monoisotopic (exact) mass is 659 g/mol. The molecule has 49 heavy (non-hydrogen) atoms. The van der Waals surface area contributed by atoms with Crippen molar-refractivity contribution in [1.82, 2.24) is 0 Å². The van der Waals surface area contributed by atoms with E-state index < -0.39 is 0 Å². The van der Waals surface area contributed by atoms with Crippen LogP contribution in [0.25, 0.3) is 73.4 Å². The lowest BCUT2D eigenvalue weighted by Crippen LogP contribution is -2.09. The summed E-state index contributed by atoms with van der Waals surface area (Å²) < 4.78 is 5.34. The Morgan fingerprint density at radius 2 is 0.857 bits per heavy atom. The molecule has 230 valence electrons. The van der Waals surface area contributed by atoms with Crippen molar-refractivity contribution in [1.29, 1.82) is 0 Å². The van der Waals surface area contributed by atoms with E-state index in [0.717, 1.165) is 17.1 Å². The van der Waals surface area contributed by atoms with Gasteiger partial charge in [-0.3, -0.25) is 0 Å². The van der Waals surface area contributed by atoms with E-state index in [-0.39, 0.29) is 0 Å². The van der Waals surface area contributed by atoms with Crippen LogP contribution < -0.4 is 4.90 Å². The third-order valence-corrected chi connectivity index (χ3v) is 12.1. The zero-order chi connectivity index (χ0) is 32.3. The van der Waals surface area contributed by atoms with E-state index >= 15 is 0 Å². The summed E-state index contributed by atoms with van der Waals surface area (Å²) in [6.45, 7) is 0. The quantitative estimate of drug-likeness (QED) is 0.178. The molecule has 0 N–H and O–H groups in total. The molecule has 0 fully saturated rings. The van der Waals surface area contributed by atoms with Gasteiger partial charge in [-0.05, 0) is 81.6 Å². The highest BCUT2D eigenvalue weighted by molar-refractivity contribution is 7.26. The maximum Gasteiger partial charge on any atom is 0.0462 e. The van der Waals surface area contributed by atoms with Crippen LogP contribution in [0.3, 0.4) is 0 Å². The summed E-state index contributed by atoms with van der Waals surface area (Å²) in [5.74, 6) is 0. The molecule has 10 rings (SSSR count). The predicted octanol–water partition coefficient (Wildman–Crippen LogP) is 14.4. The minimum Gasteiger partial charge on any atom is -0.311 e. The Morgan fingerprint density at radius 3 is 1.57 bits per heavy atom. The maximum atomic E-state index is 2.35. The molecule has 3 heteroatoms. The standard InChI is InChI=1S/C46H29NS2/c1-2-11-33(12-3-1)47(34-25-20-31(21-26-34)37-15-8-17-40-39-14-6-7-19-42(39)48-45(37)40)35-27-22-32(23-28-35)38-16-9-18-41-44-36-13-5-4-10-30(36)24-29-43(44)49-46(38)41/h1-29H. The van der Waals surface area contributed by atoms with Crippen molar-refractivity contribution in [3.63, 3.8) is 0 Å². The summed E-state index contributed by atoms with van der Waals surface area (Å²) in [6.07, 6.45) is 0. The van der Waals surface area contributed by atoms with Crippen LogP contribution in [-0.4, -0.2) is 0 Å². The smallest absolute Gasteiger partial charge is 0.0462 e. The van der Waals surface area contributed by atoms with E-state index in [4.69, 9.17) is 0 Å². The molecule has 0 saturated heterocycles. The Bertz CT molecular complexity index is 2810. The Hall–Kier alpha value is -5.74. The van der Waals surface area contributed by atoms with E-state index in [1.807, 2.05) is 22.7 Å². The minimum atomic E-state index is 1.13. The van der Waals surface area contributed by atoms with E-state index in [9.17, 15) is 0 Å². The first-order valence-corrected chi connectivity index (χ1v) is 18.2. The summed E-state index contributed by atoms with van der Waals surface area (Å²) in [4.78, 5) is 2.35. The summed E-state index contributed by atoms with van der Waals surface area (Å²) in [7, 11) is 0. The molecule has 10 aromatic rings. The zero-order valence-electron chi connectivity index (χ0n) is 26.5. The molecular weight excluding hydrogens is 631 g/mol. The van der Waals surface area contributed by atoms with Gasteiger partial charge in [-0.25, -0.2) is 0 Å². The second-order valence-corrected chi connectivity index (χ2v) is 14.6. The minimum absolute atomic E-state index is 1.13. The molecule has 2 heterocycles. The fourth-order valence-corrected chi connectivity index (χ4v) is 9.87. The molecule has 0 radical (unpaired) electrons. The van der Waals surface area contributed by atoms with Gasteiger partial charge in [0.25, 0.3) is 0 Å². The van der Waals surface area contributed by atoms with Gasteiger partial charge in [0.15, 0.2) is 0 Å². The second kappa shape index (κ2) is 11.5. The number of thiophene rings is 2. The molecule has 2 aromatic heterocycles. The molecule has 0 atom stereocenters. The van der Waals surface area contributed by atoms with Crippen LogP contribution >= 0.6 is 22.7 Å². The topological polar surface area (TPSA) is 3.24 Å². The van der Waals surface area contributed by atoms with Crippen LogP contribution in [0.15, 0.2) is 176 Å². The molecular formula is C46H29NS2. The van der Waals surface area contributed by atoms with Crippen LogP contribution in [0, 0.1) is 0 Å². The van der Waals surface area contributed by atoms with Crippen LogP contribution in [0.5, 0.6) is 0 Å². The van der Waals surface area contributed by atoms with Gasteiger partial charge in [0.2, 0.25) is 0 Å². The number of benzene rings is 8. The molecule has 0 saturated carbocycles. The maximum absolute atomic E-state index is 2.35. The number of rotatable bonds is 5. The molecule has 0 amide bonds. The molecule has 8 aromatic carbocycles. The molecule has 0 aliphatic rings. The van der Waals surface area contributed by atoms with E-state index in [2.05, 4.69) is 181 Å². The van der Waals surface area contributed by atoms with E-state index in [1.165, 1.54) is 73.4 Å². The van der Waals surface area contributed by atoms with Crippen LogP contribution in [-0.2, 0) is 0 Å². The van der Waals surface area contributed by atoms with Crippen molar-refractivity contribution in [2.45, 2.75) is 0 Å². The van der Waals surface area contributed by atoms with E-state index in [1.54, 1.807) is 0 Å². The average molecular weight is 660 g/mol. The molecule has 0 aliphatic carbocycles. The third-order valence-electron chi connectivity index (χ3n) is 9.68. The van der Waals surface area contributed by atoms with Gasteiger partial charge >= 0.3 is 0 Å². The second-order valence-electron chi connectivity index (χ2n) is 12.5. The van der Waals surface area contributed by atoms with Crippen molar-refractivity contribution in [3.05, 3.63) is 176 Å². The van der Waals surface area contributed by atoms with Crippen molar-refractivity contribution in [2.75, 3.05) is 4.90 Å². The van der Waals surface area contributed by atoms with Gasteiger partial charge in [-0.1, -0.05) is 127 Å². The van der Waals surface area contributed by atoms with Gasteiger partial charge in [0, 0.05) is 57.4 Å². The Kier molecular flexibility index (Phi) is 6.61. The number of hydrogen-bond donors (Lipinski definition) is 0. The summed E-state index contributed by atoms with van der Waals surface area (Å²) in [5.41, 5.74) is 8.41. The van der Waals surface area contributed by atoms with Gasteiger partial charge in [0.05, 0.1) is 0 Å². The highest BCUT2D eigenvalue weighted by Crippen LogP contribution is 2.44. The zero-order valence-corrected chi connectivity index (χ0v) is 28.1. The molecule has 0 unspecified atom stereocenters. The fourth-order valence-electron chi connectivity index (χ4n) is 7.37. The first-order valence-electron chi connectivity index (χ1n) is 16.6. The fraction of sp³-hybridized carbons (Fsp3) is 0. The van der Waals surface area contributed by atoms with Crippen molar-refractivity contribution < 1.29 is 0 Å². The SMILES string of the molecule is c1ccc(N(c2ccc(-c3cccc4c3sc3ccccc34)cc2)c2ccc(-c3cccc4c3sc3ccc5ccccc5c34)cc2)cc1. The Balaban J connectivity index is 1.04. The lowest BCUT2D eigenvalue weighted by Gasteiger charge is -2.26. The highest BCUT2D eigenvalue weighted by atomic mass is 32.1. The number of hydrogen-bond acceptors (Lipinski definition) is 3. The number of anilines is 3. The normalized spacial score (nSPS) is 11.7. The number of fused-ring (bicyclic) bond motifs is 8. The predicted molar refractivity (Wildman–Crippen MR) is 215 cm³/mol. The van der Waals surface area contributed by atoms with Crippen LogP contribution in [0.2, 0.25) is 0 Å². The summed E-state index contributed by atoms with van der Waals surface area (Å²) >= 11 is 3.77. The average Bonchev–Trinajstić information content (AvgIpc) is 3.75. The van der Waals surface area contributed by atoms with Gasteiger partial charge in [-0.15, -0.1) is 22.7 Å². The van der Waals surface area contributed by atoms with Crippen molar-refractivity contribution >= 4 is 90.9 Å². The lowest BCUT2D eigenvalue weighted by molar-refractivity contribution is 1.28. The van der Waals surface area contributed by atoms with E-state index in [0.29, 0.717) is 0 Å². The summed E-state index contributed by atoms with van der Waals surface area (Å²) in [5, 5.41) is 7.96. The molecule has 0 bridgehead atoms. The highest BCUT2D eigenvalue weighted by Gasteiger charge is 2.16. The Morgan fingerprint density at radius 1 is 0.327 bits per heavy atom. The van der Waals surface area contributed by atoms with Crippen LogP contribution in [0.1, 0.15) is 0 Å². The largest absolute Gasteiger partial charge is 0.311 e. The first kappa shape index (κ1) is 28.3. The third kappa shape index (κ3) is 4.66. The van der Waals surface area contributed by atoms with Gasteiger partial charge < -0.3 is 4.90 Å². The summed E-state index contributed by atoms with van der Waals surface area (Å²) in [6, 6.07) is 64.2. The van der Waals surface area contributed by atoms with Gasteiger partial charge in [0.1, 0.15) is 0 Å². The molecule has 1 nitrogen and oxygen atoms in total.